The summed E-state index contributed by atoms with van der Waals surface area (Å²) in [6.07, 6.45) is 4.80. The molecule has 6 heteroatoms. The van der Waals surface area contributed by atoms with Gasteiger partial charge in [0.2, 0.25) is 5.82 Å². The smallest absolute Gasteiger partial charge is 0.333 e. The molecule has 1 fully saturated rings. The van der Waals surface area contributed by atoms with Crippen molar-refractivity contribution in [2.45, 2.75) is 53.0 Å². The summed E-state index contributed by atoms with van der Waals surface area (Å²) >= 11 is 0. The number of anilines is 1. The normalized spacial score (nSPS) is 16.4. The molecule has 1 aliphatic rings. The second-order valence-electron chi connectivity index (χ2n) is 5.46. The molecule has 0 saturated heterocycles. The Balaban J connectivity index is 2.17. The van der Waals surface area contributed by atoms with Crippen LogP contribution in [0.3, 0.4) is 0 Å². The molecule has 1 heterocycles. The third kappa shape index (κ3) is 2.72. The summed E-state index contributed by atoms with van der Waals surface area (Å²) in [4.78, 5) is 10.8. The fourth-order valence-corrected chi connectivity index (χ4v) is 2.69. The van der Waals surface area contributed by atoms with Crippen molar-refractivity contribution in [2.24, 2.45) is 5.41 Å². The molecule has 19 heavy (non-hydrogen) atoms. The van der Waals surface area contributed by atoms with Crippen LogP contribution in [0.15, 0.2) is 0 Å². The molecule has 0 atom stereocenters. The molecule has 1 N–H and O–H groups in total. The predicted molar refractivity (Wildman–Crippen MR) is 74.4 cm³/mol. The van der Waals surface area contributed by atoms with Gasteiger partial charge in [-0.05, 0) is 38.5 Å². The van der Waals surface area contributed by atoms with E-state index in [1.165, 1.54) is 19.3 Å². The van der Waals surface area contributed by atoms with Crippen LogP contribution in [0.4, 0.5) is 11.5 Å². The van der Waals surface area contributed by atoms with E-state index in [-0.39, 0.29) is 10.6 Å². The van der Waals surface area contributed by atoms with Crippen molar-refractivity contribution >= 4 is 11.5 Å². The Morgan fingerprint density at radius 1 is 1.47 bits per heavy atom. The highest BCUT2D eigenvalue weighted by Crippen LogP contribution is 2.49. The number of hydrogen-bond donors (Lipinski definition) is 1. The van der Waals surface area contributed by atoms with Gasteiger partial charge in [0, 0.05) is 13.1 Å². The molecule has 0 radical (unpaired) electrons. The van der Waals surface area contributed by atoms with E-state index in [9.17, 15) is 10.1 Å². The Morgan fingerprint density at radius 3 is 2.63 bits per heavy atom. The van der Waals surface area contributed by atoms with Crippen molar-refractivity contribution in [1.29, 1.82) is 0 Å². The monoisotopic (exact) mass is 266 g/mol. The van der Waals surface area contributed by atoms with Gasteiger partial charge in [0.15, 0.2) is 0 Å². The Kier molecular flexibility index (Phi) is 3.78. The van der Waals surface area contributed by atoms with Crippen LogP contribution in [0.2, 0.25) is 0 Å². The third-order valence-electron chi connectivity index (χ3n) is 3.95. The zero-order valence-electron chi connectivity index (χ0n) is 11.9. The van der Waals surface area contributed by atoms with Gasteiger partial charge in [-0.1, -0.05) is 13.3 Å². The first kappa shape index (κ1) is 13.8. The van der Waals surface area contributed by atoms with E-state index in [0.717, 1.165) is 13.0 Å². The molecule has 1 aromatic heterocycles. The summed E-state index contributed by atoms with van der Waals surface area (Å²) < 4.78 is 1.69. The van der Waals surface area contributed by atoms with Crippen molar-refractivity contribution in [1.82, 2.24) is 9.78 Å². The van der Waals surface area contributed by atoms with Gasteiger partial charge < -0.3 is 5.32 Å². The summed E-state index contributed by atoms with van der Waals surface area (Å²) in [5.74, 6) is 0.562. The Labute approximate surface area is 113 Å². The SMILES string of the molecule is CCCC1(CNc2c([N+](=O)[O-])c(C)nn2CC)CC1. The maximum absolute atomic E-state index is 11.1. The van der Waals surface area contributed by atoms with Crippen LogP contribution in [-0.4, -0.2) is 21.2 Å². The predicted octanol–water partition coefficient (Wildman–Crippen LogP) is 3.11. The zero-order valence-corrected chi connectivity index (χ0v) is 11.9. The van der Waals surface area contributed by atoms with Gasteiger partial charge in [0.05, 0.1) is 4.92 Å². The van der Waals surface area contributed by atoms with Crippen LogP contribution >= 0.6 is 0 Å². The van der Waals surface area contributed by atoms with Crippen molar-refractivity contribution in [2.75, 3.05) is 11.9 Å². The minimum absolute atomic E-state index is 0.120. The Hall–Kier alpha value is -1.59. The highest BCUT2D eigenvalue weighted by atomic mass is 16.6. The summed E-state index contributed by atoms with van der Waals surface area (Å²) in [6, 6.07) is 0. The summed E-state index contributed by atoms with van der Waals surface area (Å²) in [7, 11) is 0. The largest absolute Gasteiger partial charge is 0.364 e. The average Bonchev–Trinajstić information content (AvgIpc) is 3.03. The molecule has 2 rings (SSSR count). The molecular weight excluding hydrogens is 244 g/mol. The number of nitro groups is 1. The van der Waals surface area contributed by atoms with E-state index < -0.39 is 0 Å². The number of rotatable bonds is 7. The fourth-order valence-electron chi connectivity index (χ4n) is 2.69. The second kappa shape index (κ2) is 5.19. The Morgan fingerprint density at radius 2 is 2.16 bits per heavy atom. The van der Waals surface area contributed by atoms with Gasteiger partial charge in [0.1, 0.15) is 5.69 Å². The average molecular weight is 266 g/mol. The van der Waals surface area contributed by atoms with Gasteiger partial charge in [-0.15, -0.1) is 0 Å². The maximum Gasteiger partial charge on any atom is 0.333 e. The van der Waals surface area contributed by atoms with Crippen LogP contribution in [0.5, 0.6) is 0 Å². The van der Waals surface area contributed by atoms with Crippen molar-refractivity contribution < 1.29 is 4.92 Å². The molecular formula is C13H22N4O2. The van der Waals surface area contributed by atoms with Crippen LogP contribution in [0.25, 0.3) is 0 Å². The Bertz CT molecular complexity index is 477. The van der Waals surface area contributed by atoms with E-state index in [4.69, 9.17) is 0 Å². The van der Waals surface area contributed by atoms with Crippen molar-refractivity contribution in [3.05, 3.63) is 15.8 Å². The van der Waals surface area contributed by atoms with Gasteiger partial charge in [0.25, 0.3) is 0 Å². The fraction of sp³-hybridized carbons (Fsp3) is 0.769. The molecule has 0 unspecified atom stereocenters. The third-order valence-corrected chi connectivity index (χ3v) is 3.95. The molecule has 1 saturated carbocycles. The first-order valence-electron chi connectivity index (χ1n) is 6.98. The lowest BCUT2D eigenvalue weighted by Gasteiger charge is -2.15. The summed E-state index contributed by atoms with van der Waals surface area (Å²) in [6.45, 7) is 7.27. The molecule has 0 spiro atoms. The number of aromatic nitrogens is 2. The van der Waals surface area contributed by atoms with Gasteiger partial charge in [-0.2, -0.15) is 5.10 Å². The number of hydrogen-bond acceptors (Lipinski definition) is 4. The lowest BCUT2D eigenvalue weighted by Crippen LogP contribution is -2.18. The molecule has 6 nitrogen and oxygen atoms in total. The van der Waals surface area contributed by atoms with Crippen LogP contribution in [-0.2, 0) is 6.54 Å². The molecule has 0 aromatic carbocycles. The number of nitrogens with one attached hydrogen (secondary N) is 1. The van der Waals surface area contributed by atoms with E-state index in [0.29, 0.717) is 23.5 Å². The van der Waals surface area contributed by atoms with Gasteiger partial charge in [-0.25, -0.2) is 4.68 Å². The van der Waals surface area contributed by atoms with Gasteiger partial charge >= 0.3 is 5.69 Å². The number of aryl methyl sites for hydroxylation is 2. The van der Waals surface area contributed by atoms with E-state index in [1.54, 1.807) is 11.6 Å². The second-order valence-corrected chi connectivity index (χ2v) is 5.46. The first-order valence-corrected chi connectivity index (χ1v) is 6.98. The van der Waals surface area contributed by atoms with Crippen LogP contribution in [0.1, 0.15) is 45.2 Å². The highest BCUT2D eigenvalue weighted by molar-refractivity contribution is 5.59. The first-order chi connectivity index (χ1) is 9.03. The minimum Gasteiger partial charge on any atom is -0.364 e. The molecule has 0 aliphatic heterocycles. The minimum atomic E-state index is -0.337. The van der Waals surface area contributed by atoms with Crippen molar-refractivity contribution in [3.63, 3.8) is 0 Å². The van der Waals surface area contributed by atoms with E-state index in [2.05, 4.69) is 17.3 Å². The highest BCUT2D eigenvalue weighted by Gasteiger charge is 2.42. The van der Waals surface area contributed by atoms with Crippen LogP contribution < -0.4 is 5.32 Å². The topological polar surface area (TPSA) is 73.0 Å². The van der Waals surface area contributed by atoms with Gasteiger partial charge in [-0.3, -0.25) is 10.1 Å². The zero-order chi connectivity index (χ0) is 14.0. The summed E-state index contributed by atoms with van der Waals surface area (Å²) in [5, 5.41) is 18.7. The van der Waals surface area contributed by atoms with E-state index in [1.807, 2.05) is 6.92 Å². The molecule has 106 valence electrons. The van der Waals surface area contributed by atoms with E-state index >= 15 is 0 Å². The lowest BCUT2D eigenvalue weighted by molar-refractivity contribution is -0.384. The lowest BCUT2D eigenvalue weighted by atomic mass is 10.0. The summed E-state index contributed by atoms with van der Waals surface area (Å²) in [5.41, 5.74) is 0.961. The maximum atomic E-state index is 11.1. The van der Waals surface area contributed by atoms with Crippen LogP contribution in [0, 0.1) is 22.5 Å². The molecule has 0 amide bonds. The van der Waals surface area contributed by atoms with Crippen molar-refractivity contribution in [3.8, 4) is 0 Å². The molecule has 1 aliphatic carbocycles. The quantitative estimate of drug-likeness (QED) is 0.608. The molecule has 1 aromatic rings. The molecule has 0 bridgehead atoms. The number of nitrogens with zero attached hydrogens (tertiary/aromatic N) is 3. The standard InChI is InChI=1S/C13H22N4O2/c1-4-6-13(7-8-13)9-14-12-11(17(18)19)10(3)15-16(12)5-2/h14H,4-9H2,1-3H3.